The summed E-state index contributed by atoms with van der Waals surface area (Å²) in [6.07, 6.45) is 2.40. The number of hydrogen-bond acceptors (Lipinski definition) is 3. The molecule has 0 aliphatic carbocycles. The average Bonchev–Trinajstić information content (AvgIpc) is 2.71. The fraction of sp³-hybridized carbons (Fsp3) is 0.625. The summed E-state index contributed by atoms with van der Waals surface area (Å²) < 4.78 is 5.52. The quantitative estimate of drug-likeness (QED) is 0.883. The van der Waals surface area contributed by atoms with E-state index in [0.29, 0.717) is 6.04 Å². The van der Waals surface area contributed by atoms with Crippen molar-refractivity contribution in [1.82, 2.24) is 10.2 Å². The highest BCUT2D eigenvalue weighted by Gasteiger charge is 2.19. The fourth-order valence-electron chi connectivity index (χ4n) is 2.84. The Morgan fingerprint density at radius 3 is 2.63 bits per heavy atom. The van der Waals surface area contributed by atoms with Crippen LogP contribution in [-0.2, 0) is 0 Å². The van der Waals surface area contributed by atoms with Gasteiger partial charge in [-0.3, -0.25) is 4.90 Å². The second-order valence-corrected chi connectivity index (χ2v) is 5.07. The molecule has 1 aromatic carbocycles. The molecule has 0 spiro atoms. The van der Waals surface area contributed by atoms with E-state index in [1.165, 1.54) is 18.5 Å². The molecule has 3 nitrogen and oxygen atoms in total. The molecule has 3 heteroatoms. The summed E-state index contributed by atoms with van der Waals surface area (Å²) >= 11 is 0. The van der Waals surface area contributed by atoms with Gasteiger partial charge in [-0.2, -0.15) is 0 Å². The molecule has 1 aliphatic rings. The minimum Gasteiger partial charge on any atom is -0.494 e. The van der Waals surface area contributed by atoms with Crippen LogP contribution in [0.15, 0.2) is 24.3 Å². The molecule has 0 amide bonds. The monoisotopic (exact) mass is 262 g/mol. The summed E-state index contributed by atoms with van der Waals surface area (Å²) in [6, 6.07) is 9.17. The maximum atomic E-state index is 5.52. The molecular formula is C16H26N2O. The Morgan fingerprint density at radius 1 is 1.16 bits per heavy atom. The number of ether oxygens (including phenoxy) is 1. The zero-order valence-electron chi connectivity index (χ0n) is 12.2. The lowest BCUT2D eigenvalue weighted by Gasteiger charge is -2.30. The highest BCUT2D eigenvalue weighted by molar-refractivity contribution is 5.29. The van der Waals surface area contributed by atoms with Crippen LogP contribution in [0.2, 0.25) is 0 Å². The molecule has 0 saturated carbocycles. The van der Waals surface area contributed by atoms with Crippen molar-refractivity contribution in [1.29, 1.82) is 0 Å². The third kappa shape index (κ3) is 3.95. The van der Waals surface area contributed by atoms with E-state index >= 15 is 0 Å². The summed E-state index contributed by atoms with van der Waals surface area (Å²) in [5.74, 6) is 0.971. The minimum absolute atomic E-state index is 0.538. The van der Waals surface area contributed by atoms with Crippen LogP contribution in [0.5, 0.6) is 5.75 Å². The van der Waals surface area contributed by atoms with E-state index < -0.39 is 0 Å². The third-order valence-corrected chi connectivity index (χ3v) is 3.78. The Kier molecular flexibility index (Phi) is 5.67. The van der Waals surface area contributed by atoms with Gasteiger partial charge < -0.3 is 10.1 Å². The molecule has 1 atom stereocenters. The summed E-state index contributed by atoms with van der Waals surface area (Å²) in [5.41, 5.74) is 1.41. The minimum atomic E-state index is 0.538. The van der Waals surface area contributed by atoms with Crippen molar-refractivity contribution in [3.63, 3.8) is 0 Å². The Morgan fingerprint density at radius 2 is 1.95 bits per heavy atom. The van der Waals surface area contributed by atoms with E-state index in [9.17, 15) is 0 Å². The summed E-state index contributed by atoms with van der Waals surface area (Å²) in [5, 5.41) is 3.47. The highest BCUT2D eigenvalue weighted by atomic mass is 16.5. The summed E-state index contributed by atoms with van der Waals surface area (Å²) in [7, 11) is 0. The van der Waals surface area contributed by atoms with Crippen LogP contribution in [0.4, 0.5) is 0 Å². The number of benzene rings is 1. The molecule has 1 aromatic rings. The molecule has 1 fully saturated rings. The van der Waals surface area contributed by atoms with Crippen LogP contribution in [0.1, 0.15) is 38.3 Å². The van der Waals surface area contributed by atoms with Gasteiger partial charge in [-0.25, -0.2) is 0 Å². The normalized spacial score (nSPS) is 18.8. The van der Waals surface area contributed by atoms with Crippen molar-refractivity contribution in [2.45, 2.75) is 32.7 Å². The number of rotatable bonds is 5. The largest absolute Gasteiger partial charge is 0.494 e. The number of hydrogen-bond donors (Lipinski definition) is 1. The second kappa shape index (κ2) is 7.51. The van der Waals surface area contributed by atoms with Gasteiger partial charge in [-0.1, -0.05) is 19.1 Å². The molecule has 1 heterocycles. The molecule has 1 saturated heterocycles. The molecule has 2 rings (SSSR count). The predicted molar refractivity (Wildman–Crippen MR) is 79.7 cm³/mol. The van der Waals surface area contributed by atoms with Crippen LogP contribution in [0.25, 0.3) is 0 Å². The van der Waals surface area contributed by atoms with Crippen molar-refractivity contribution in [3.05, 3.63) is 29.8 Å². The SMILES string of the molecule is CCOc1ccc(C(CC)N2CCCNCC2)cc1. The van der Waals surface area contributed by atoms with Gasteiger partial charge in [0.2, 0.25) is 0 Å². The summed E-state index contributed by atoms with van der Waals surface area (Å²) in [4.78, 5) is 2.61. The fourth-order valence-corrected chi connectivity index (χ4v) is 2.84. The molecule has 1 N–H and O–H groups in total. The van der Waals surface area contributed by atoms with Gasteiger partial charge in [-0.15, -0.1) is 0 Å². The molecule has 1 unspecified atom stereocenters. The predicted octanol–water partition coefficient (Wildman–Crippen LogP) is 2.83. The van der Waals surface area contributed by atoms with E-state index in [2.05, 4.69) is 41.4 Å². The Balaban J connectivity index is 2.06. The topological polar surface area (TPSA) is 24.5 Å². The van der Waals surface area contributed by atoms with E-state index in [0.717, 1.165) is 38.4 Å². The lowest BCUT2D eigenvalue weighted by molar-refractivity contribution is 0.205. The molecule has 0 aromatic heterocycles. The lowest BCUT2D eigenvalue weighted by atomic mass is 10.0. The zero-order chi connectivity index (χ0) is 13.5. The maximum absolute atomic E-state index is 5.52. The Bertz CT molecular complexity index is 356. The standard InChI is InChI=1S/C16H26N2O/c1-3-16(18-12-5-10-17-11-13-18)14-6-8-15(9-7-14)19-4-2/h6-9,16-17H,3-5,10-13H2,1-2H3. The van der Waals surface area contributed by atoms with E-state index in [4.69, 9.17) is 4.74 Å². The van der Waals surface area contributed by atoms with Crippen LogP contribution < -0.4 is 10.1 Å². The van der Waals surface area contributed by atoms with E-state index in [1.807, 2.05) is 6.92 Å². The van der Waals surface area contributed by atoms with Gasteiger partial charge >= 0.3 is 0 Å². The highest BCUT2D eigenvalue weighted by Crippen LogP contribution is 2.26. The van der Waals surface area contributed by atoms with Crippen molar-refractivity contribution < 1.29 is 4.74 Å². The zero-order valence-corrected chi connectivity index (χ0v) is 12.2. The van der Waals surface area contributed by atoms with Crippen molar-refractivity contribution in [2.24, 2.45) is 0 Å². The van der Waals surface area contributed by atoms with Crippen molar-refractivity contribution >= 4 is 0 Å². The maximum Gasteiger partial charge on any atom is 0.119 e. The first-order valence-corrected chi connectivity index (χ1v) is 7.52. The van der Waals surface area contributed by atoms with Gasteiger partial charge in [-0.05, 0) is 44.0 Å². The molecule has 106 valence electrons. The average molecular weight is 262 g/mol. The first-order valence-electron chi connectivity index (χ1n) is 7.52. The van der Waals surface area contributed by atoms with Crippen molar-refractivity contribution in [3.8, 4) is 5.75 Å². The van der Waals surface area contributed by atoms with Crippen molar-refractivity contribution in [2.75, 3.05) is 32.8 Å². The first kappa shape index (κ1) is 14.4. The van der Waals surface area contributed by atoms with Gasteiger partial charge in [0, 0.05) is 25.7 Å². The van der Waals surface area contributed by atoms with Gasteiger partial charge in [0.25, 0.3) is 0 Å². The van der Waals surface area contributed by atoms with Gasteiger partial charge in [0.05, 0.1) is 6.61 Å². The van der Waals surface area contributed by atoms with Gasteiger partial charge in [0.1, 0.15) is 5.75 Å². The third-order valence-electron chi connectivity index (χ3n) is 3.78. The molecule has 19 heavy (non-hydrogen) atoms. The molecular weight excluding hydrogens is 236 g/mol. The van der Waals surface area contributed by atoms with Gasteiger partial charge in [0.15, 0.2) is 0 Å². The number of nitrogens with one attached hydrogen (secondary N) is 1. The smallest absolute Gasteiger partial charge is 0.119 e. The molecule has 0 radical (unpaired) electrons. The lowest BCUT2D eigenvalue weighted by Crippen LogP contribution is -2.32. The van der Waals surface area contributed by atoms with Crippen LogP contribution in [-0.4, -0.2) is 37.7 Å². The number of nitrogens with zero attached hydrogens (tertiary/aromatic N) is 1. The van der Waals surface area contributed by atoms with Crippen LogP contribution in [0, 0.1) is 0 Å². The van der Waals surface area contributed by atoms with Crippen LogP contribution >= 0.6 is 0 Å². The molecule has 0 bridgehead atoms. The second-order valence-electron chi connectivity index (χ2n) is 5.07. The summed E-state index contributed by atoms with van der Waals surface area (Å²) in [6.45, 7) is 9.62. The Hall–Kier alpha value is -1.06. The first-order chi connectivity index (χ1) is 9.35. The van der Waals surface area contributed by atoms with E-state index in [-0.39, 0.29) is 0 Å². The molecule has 1 aliphatic heterocycles. The van der Waals surface area contributed by atoms with Crippen LogP contribution in [0.3, 0.4) is 0 Å². The van der Waals surface area contributed by atoms with E-state index in [1.54, 1.807) is 0 Å². The Labute approximate surface area is 116 Å².